The minimum atomic E-state index is 0.899. The molecule has 0 amide bonds. The van der Waals surface area contributed by atoms with Gasteiger partial charge in [0.1, 0.15) is 16.2 Å². The standard InChI is InChI=1S/C13H13BrN2O/c1-17-10-4-5-11-9(7-10)3-2-6-16-8-12(14)15-13(11)16/h4-5,7-8H,2-3,6H2,1H3. The molecule has 0 spiro atoms. The SMILES string of the molecule is COc1ccc2c(c1)CCCn1cc(Br)nc1-2. The lowest BCUT2D eigenvalue weighted by atomic mass is 10.0. The van der Waals surface area contributed by atoms with Crippen molar-refractivity contribution in [3.63, 3.8) is 0 Å². The lowest BCUT2D eigenvalue weighted by Gasteiger charge is -2.07. The van der Waals surface area contributed by atoms with Gasteiger partial charge < -0.3 is 9.30 Å². The van der Waals surface area contributed by atoms with E-state index in [4.69, 9.17) is 4.74 Å². The maximum Gasteiger partial charge on any atom is 0.141 e. The molecule has 0 aliphatic carbocycles. The van der Waals surface area contributed by atoms with E-state index in [0.29, 0.717) is 0 Å². The van der Waals surface area contributed by atoms with Crippen LogP contribution in [-0.4, -0.2) is 16.7 Å². The highest BCUT2D eigenvalue weighted by atomic mass is 79.9. The smallest absolute Gasteiger partial charge is 0.141 e. The van der Waals surface area contributed by atoms with Gasteiger partial charge >= 0.3 is 0 Å². The molecule has 0 bridgehead atoms. The zero-order valence-electron chi connectivity index (χ0n) is 9.61. The third kappa shape index (κ3) is 1.86. The molecule has 17 heavy (non-hydrogen) atoms. The number of hydrogen-bond donors (Lipinski definition) is 0. The van der Waals surface area contributed by atoms with Crippen molar-refractivity contribution in [2.75, 3.05) is 7.11 Å². The molecule has 0 atom stereocenters. The van der Waals surface area contributed by atoms with Gasteiger partial charge in [-0.25, -0.2) is 4.98 Å². The van der Waals surface area contributed by atoms with E-state index in [1.165, 1.54) is 11.1 Å². The summed E-state index contributed by atoms with van der Waals surface area (Å²) in [4.78, 5) is 4.55. The van der Waals surface area contributed by atoms with E-state index >= 15 is 0 Å². The second-order valence-corrected chi connectivity index (χ2v) is 5.02. The van der Waals surface area contributed by atoms with Crippen LogP contribution in [0.15, 0.2) is 29.0 Å². The Morgan fingerprint density at radius 1 is 1.41 bits per heavy atom. The molecule has 0 fully saturated rings. The number of nitrogens with zero attached hydrogens (tertiary/aromatic N) is 2. The lowest BCUT2D eigenvalue weighted by Crippen LogP contribution is -1.96. The van der Waals surface area contributed by atoms with Gasteiger partial charge in [-0.3, -0.25) is 0 Å². The van der Waals surface area contributed by atoms with Gasteiger partial charge in [0.25, 0.3) is 0 Å². The van der Waals surface area contributed by atoms with Crippen LogP contribution in [-0.2, 0) is 13.0 Å². The monoisotopic (exact) mass is 292 g/mol. The normalized spacial score (nSPS) is 13.8. The van der Waals surface area contributed by atoms with E-state index in [9.17, 15) is 0 Å². The molecule has 0 saturated heterocycles. The maximum absolute atomic E-state index is 5.28. The first-order valence-corrected chi connectivity index (χ1v) is 6.47. The Kier molecular flexibility index (Phi) is 2.67. The predicted octanol–water partition coefficient (Wildman–Crippen LogP) is 3.27. The number of hydrogen-bond acceptors (Lipinski definition) is 2. The predicted molar refractivity (Wildman–Crippen MR) is 70.2 cm³/mol. The van der Waals surface area contributed by atoms with Gasteiger partial charge in [-0.1, -0.05) is 0 Å². The van der Waals surface area contributed by atoms with Crippen LogP contribution in [0.5, 0.6) is 5.75 Å². The molecule has 3 nitrogen and oxygen atoms in total. The second-order valence-electron chi connectivity index (χ2n) is 4.21. The number of fused-ring (bicyclic) bond motifs is 3. The van der Waals surface area contributed by atoms with Crippen LogP contribution in [0.4, 0.5) is 0 Å². The Labute approximate surface area is 109 Å². The first kappa shape index (κ1) is 10.8. The third-order valence-electron chi connectivity index (χ3n) is 3.15. The fourth-order valence-electron chi connectivity index (χ4n) is 2.33. The van der Waals surface area contributed by atoms with Gasteiger partial charge in [0.2, 0.25) is 0 Å². The molecule has 1 aliphatic heterocycles. The van der Waals surface area contributed by atoms with Crippen molar-refractivity contribution in [3.8, 4) is 17.1 Å². The van der Waals surface area contributed by atoms with E-state index in [0.717, 1.165) is 35.6 Å². The topological polar surface area (TPSA) is 27.1 Å². The summed E-state index contributed by atoms with van der Waals surface area (Å²) in [6.45, 7) is 1.02. The van der Waals surface area contributed by atoms with Crippen LogP contribution in [0.1, 0.15) is 12.0 Å². The summed E-state index contributed by atoms with van der Waals surface area (Å²) in [5.41, 5.74) is 2.54. The van der Waals surface area contributed by atoms with Crippen molar-refractivity contribution >= 4 is 15.9 Å². The number of aryl methyl sites for hydroxylation is 2. The Hall–Kier alpha value is -1.29. The van der Waals surface area contributed by atoms with Gasteiger partial charge in [0.15, 0.2) is 0 Å². The van der Waals surface area contributed by atoms with Gasteiger partial charge in [-0.15, -0.1) is 0 Å². The molecule has 0 unspecified atom stereocenters. The second kappa shape index (κ2) is 4.18. The first-order valence-electron chi connectivity index (χ1n) is 5.68. The van der Waals surface area contributed by atoms with Crippen LogP contribution in [0.25, 0.3) is 11.4 Å². The summed E-state index contributed by atoms with van der Waals surface area (Å²) < 4.78 is 8.39. The summed E-state index contributed by atoms with van der Waals surface area (Å²) in [5.74, 6) is 1.97. The number of imidazole rings is 1. The van der Waals surface area contributed by atoms with Crippen molar-refractivity contribution < 1.29 is 4.74 Å². The molecule has 1 aliphatic rings. The number of ether oxygens (including phenoxy) is 1. The summed E-state index contributed by atoms with van der Waals surface area (Å²) in [5, 5.41) is 0. The third-order valence-corrected chi connectivity index (χ3v) is 3.53. The van der Waals surface area contributed by atoms with Gasteiger partial charge in [0.05, 0.1) is 7.11 Å². The lowest BCUT2D eigenvalue weighted by molar-refractivity contribution is 0.414. The fourth-order valence-corrected chi connectivity index (χ4v) is 2.75. The van der Waals surface area contributed by atoms with E-state index in [-0.39, 0.29) is 0 Å². The first-order chi connectivity index (χ1) is 8.28. The molecule has 0 radical (unpaired) electrons. The Morgan fingerprint density at radius 3 is 3.12 bits per heavy atom. The van der Waals surface area contributed by atoms with Crippen molar-refractivity contribution in [1.29, 1.82) is 0 Å². The minimum Gasteiger partial charge on any atom is -0.497 e. The molecule has 4 heteroatoms. The van der Waals surface area contributed by atoms with Crippen molar-refractivity contribution in [3.05, 3.63) is 34.6 Å². The molecular formula is C13H13BrN2O. The van der Waals surface area contributed by atoms with E-state index in [1.807, 2.05) is 6.07 Å². The highest BCUT2D eigenvalue weighted by Gasteiger charge is 2.16. The molecule has 88 valence electrons. The van der Waals surface area contributed by atoms with Crippen LogP contribution in [0.3, 0.4) is 0 Å². The zero-order chi connectivity index (χ0) is 11.8. The molecule has 0 N–H and O–H groups in total. The summed E-state index contributed by atoms with van der Waals surface area (Å²) in [6.07, 6.45) is 4.26. The maximum atomic E-state index is 5.28. The summed E-state index contributed by atoms with van der Waals surface area (Å²) in [7, 11) is 1.70. The number of rotatable bonds is 1. The van der Waals surface area contributed by atoms with Gasteiger partial charge in [0, 0.05) is 18.3 Å². The van der Waals surface area contributed by atoms with E-state index in [1.54, 1.807) is 7.11 Å². The molecule has 1 aromatic heterocycles. The minimum absolute atomic E-state index is 0.899. The molecule has 1 aromatic carbocycles. The highest BCUT2D eigenvalue weighted by molar-refractivity contribution is 9.10. The summed E-state index contributed by atoms with van der Waals surface area (Å²) >= 11 is 3.44. The van der Waals surface area contributed by atoms with Crippen LogP contribution < -0.4 is 4.74 Å². The molecule has 3 rings (SSSR count). The molecular weight excluding hydrogens is 280 g/mol. The Bertz CT molecular complexity index is 563. The largest absolute Gasteiger partial charge is 0.497 e. The summed E-state index contributed by atoms with van der Waals surface area (Å²) in [6, 6.07) is 6.22. The number of methoxy groups -OCH3 is 1. The molecule has 0 saturated carbocycles. The average molecular weight is 293 g/mol. The van der Waals surface area contributed by atoms with Crippen molar-refractivity contribution in [1.82, 2.24) is 9.55 Å². The Morgan fingerprint density at radius 2 is 2.29 bits per heavy atom. The van der Waals surface area contributed by atoms with Crippen molar-refractivity contribution in [2.24, 2.45) is 0 Å². The van der Waals surface area contributed by atoms with Crippen LogP contribution >= 0.6 is 15.9 Å². The van der Waals surface area contributed by atoms with E-state index in [2.05, 4.69) is 43.8 Å². The zero-order valence-corrected chi connectivity index (χ0v) is 11.2. The van der Waals surface area contributed by atoms with Crippen molar-refractivity contribution in [2.45, 2.75) is 19.4 Å². The fraction of sp³-hybridized carbons (Fsp3) is 0.308. The highest BCUT2D eigenvalue weighted by Crippen LogP contribution is 2.31. The van der Waals surface area contributed by atoms with Gasteiger partial charge in [-0.05, 0) is 52.5 Å². The van der Waals surface area contributed by atoms with E-state index < -0.39 is 0 Å². The number of benzene rings is 1. The number of aromatic nitrogens is 2. The Balaban J connectivity index is 2.18. The van der Waals surface area contributed by atoms with Crippen LogP contribution in [0.2, 0.25) is 0 Å². The quantitative estimate of drug-likeness (QED) is 0.807. The van der Waals surface area contributed by atoms with Gasteiger partial charge in [-0.2, -0.15) is 0 Å². The number of halogens is 1. The average Bonchev–Trinajstić information content (AvgIpc) is 2.62. The molecule has 2 heterocycles. The van der Waals surface area contributed by atoms with Crippen LogP contribution in [0, 0.1) is 0 Å². The molecule has 2 aromatic rings.